The smallest absolute Gasteiger partial charge is 0.262 e. The number of nitrogen functional groups attached to an aromatic ring is 1. The fourth-order valence-electron chi connectivity index (χ4n) is 2.15. The summed E-state index contributed by atoms with van der Waals surface area (Å²) in [7, 11) is 0. The van der Waals surface area contributed by atoms with Gasteiger partial charge in [-0.3, -0.25) is 9.36 Å². The van der Waals surface area contributed by atoms with Crippen LogP contribution in [0, 0.1) is 0 Å². The summed E-state index contributed by atoms with van der Waals surface area (Å²) in [6, 6.07) is 12.0. The van der Waals surface area contributed by atoms with E-state index >= 15 is 0 Å². The number of rotatable bonds is 1. The highest BCUT2D eigenvalue weighted by atomic mass is 35.5. The van der Waals surface area contributed by atoms with Gasteiger partial charge in [-0.15, -0.1) is 0 Å². The molecule has 0 aliphatic rings. The van der Waals surface area contributed by atoms with E-state index in [-0.39, 0.29) is 5.91 Å². The molecule has 1 aromatic heterocycles. The zero-order valence-electron chi connectivity index (χ0n) is 10.3. The number of carbonyl (C=O) groups is 1. The number of fused-ring (bicyclic) bond motifs is 1. The van der Waals surface area contributed by atoms with Crippen molar-refractivity contribution in [3.63, 3.8) is 0 Å². The Balaban J connectivity index is 2.12. The van der Waals surface area contributed by atoms with Gasteiger partial charge in [0.2, 0.25) is 0 Å². The number of anilines is 1. The zero-order valence-corrected chi connectivity index (χ0v) is 11.8. The number of aromatic nitrogens is 1. The molecule has 3 aromatic rings. The van der Waals surface area contributed by atoms with Gasteiger partial charge < -0.3 is 5.73 Å². The van der Waals surface area contributed by atoms with Gasteiger partial charge in [-0.1, -0.05) is 23.2 Å². The first-order valence-corrected chi connectivity index (χ1v) is 6.67. The van der Waals surface area contributed by atoms with E-state index in [1.165, 1.54) is 0 Å². The highest BCUT2D eigenvalue weighted by Crippen LogP contribution is 2.23. The van der Waals surface area contributed by atoms with Crippen LogP contribution >= 0.6 is 23.2 Å². The third-order valence-corrected chi connectivity index (χ3v) is 3.48. The van der Waals surface area contributed by atoms with Crippen LogP contribution in [0.3, 0.4) is 0 Å². The number of halogens is 2. The molecule has 2 aromatic carbocycles. The van der Waals surface area contributed by atoms with Crippen molar-refractivity contribution >= 4 is 45.7 Å². The van der Waals surface area contributed by atoms with Crippen LogP contribution in [0.25, 0.3) is 10.9 Å². The normalized spacial score (nSPS) is 10.9. The molecular weight excluding hydrogens is 295 g/mol. The predicted octanol–water partition coefficient (Wildman–Crippen LogP) is 4.22. The molecule has 0 amide bonds. The largest absolute Gasteiger partial charge is 0.399 e. The monoisotopic (exact) mass is 304 g/mol. The highest BCUT2D eigenvalue weighted by Gasteiger charge is 2.13. The Morgan fingerprint density at radius 3 is 2.40 bits per heavy atom. The summed E-state index contributed by atoms with van der Waals surface area (Å²) in [4.78, 5) is 12.5. The van der Waals surface area contributed by atoms with E-state index in [0.29, 0.717) is 21.3 Å². The maximum absolute atomic E-state index is 12.5. The van der Waals surface area contributed by atoms with Crippen LogP contribution in [-0.4, -0.2) is 10.5 Å². The molecule has 1 heterocycles. The van der Waals surface area contributed by atoms with E-state index in [1.807, 2.05) is 18.2 Å². The third kappa shape index (κ3) is 2.26. The molecule has 0 aliphatic heterocycles. The van der Waals surface area contributed by atoms with Gasteiger partial charge in [0.15, 0.2) is 0 Å². The van der Waals surface area contributed by atoms with Crippen molar-refractivity contribution in [2.45, 2.75) is 0 Å². The molecule has 100 valence electrons. The predicted molar refractivity (Wildman–Crippen MR) is 82.5 cm³/mol. The maximum atomic E-state index is 12.5. The Bertz CT molecular complexity index is 804. The van der Waals surface area contributed by atoms with E-state index in [0.717, 1.165) is 10.9 Å². The topological polar surface area (TPSA) is 48.0 Å². The van der Waals surface area contributed by atoms with Gasteiger partial charge in [0.05, 0.1) is 5.52 Å². The van der Waals surface area contributed by atoms with Crippen molar-refractivity contribution in [3.8, 4) is 0 Å². The molecule has 0 saturated heterocycles. The first-order valence-electron chi connectivity index (χ1n) is 5.92. The Labute approximate surface area is 125 Å². The summed E-state index contributed by atoms with van der Waals surface area (Å²) >= 11 is 11.9. The van der Waals surface area contributed by atoms with E-state index < -0.39 is 0 Å². The first kappa shape index (κ1) is 13.0. The molecule has 5 heteroatoms. The van der Waals surface area contributed by atoms with Gasteiger partial charge in [-0.2, -0.15) is 0 Å². The van der Waals surface area contributed by atoms with Gasteiger partial charge >= 0.3 is 0 Å². The number of nitrogens with two attached hydrogens (primary N) is 1. The molecule has 0 radical (unpaired) electrons. The SMILES string of the molecule is Nc1ccc2c(ccn2C(=O)c2cc(Cl)cc(Cl)c2)c1. The minimum Gasteiger partial charge on any atom is -0.399 e. The van der Waals surface area contributed by atoms with E-state index in [1.54, 1.807) is 35.0 Å². The van der Waals surface area contributed by atoms with Crippen molar-refractivity contribution in [1.29, 1.82) is 0 Å². The number of benzene rings is 2. The van der Waals surface area contributed by atoms with Gasteiger partial charge in [-0.25, -0.2) is 0 Å². The minimum absolute atomic E-state index is 0.186. The molecule has 0 bridgehead atoms. The molecule has 2 N–H and O–H groups in total. The number of hydrogen-bond acceptors (Lipinski definition) is 2. The van der Waals surface area contributed by atoms with Crippen molar-refractivity contribution in [2.75, 3.05) is 5.73 Å². The molecule has 0 spiro atoms. The second-order valence-electron chi connectivity index (χ2n) is 4.47. The zero-order chi connectivity index (χ0) is 14.3. The van der Waals surface area contributed by atoms with Crippen molar-refractivity contribution in [2.24, 2.45) is 0 Å². The summed E-state index contributed by atoms with van der Waals surface area (Å²) in [6.07, 6.45) is 1.71. The maximum Gasteiger partial charge on any atom is 0.262 e. The highest BCUT2D eigenvalue weighted by molar-refractivity contribution is 6.35. The van der Waals surface area contributed by atoms with Crippen LogP contribution in [0.4, 0.5) is 5.69 Å². The molecule has 20 heavy (non-hydrogen) atoms. The van der Waals surface area contributed by atoms with Crippen molar-refractivity contribution in [3.05, 3.63) is 64.3 Å². The summed E-state index contributed by atoms with van der Waals surface area (Å²) in [5, 5.41) is 1.77. The molecule has 3 nitrogen and oxygen atoms in total. The quantitative estimate of drug-likeness (QED) is 0.684. The fourth-order valence-corrected chi connectivity index (χ4v) is 2.68. The Morgan fingerprint density at radius 2 is 1.70 bits per heavy atom. The fraction of sp³-hybridized carbons (Fsp3) is 0. The van der Waals surface area contributed by atoms with Crippen LogP contribution in [0.15, 0.2) is 48.7 Å². The van der Waals surface area contributed by atoms with Gasteiger partial charge in [0, 0.05) is 32.9 Å². The van der Waals surface area contributed by atoms with Gasteiger partial charge in [0.25, 0.3) is 5.91 Å². The van der Waals surface area contributed by atoms with Crippen LogP contribution in [0.1, 0.15) is 10.4 Å². The van der Waals surface area contributed by atoms with Crippen LogP contribution < -0.4 is 5.73 Å². The number of nitrogens with zero attached hydrogens (tertiary/aromatic N) is 1. The van der Waals surface area contributed by atoms with Gasteiger partial charge in [0.1, 0.15) is 0 Å². The molecule has 3 rings (SSSR count). The van der Waals surface area contributed by atoms with E-state index in [2.05, 4.69) is 0 Å². The lowest BCUT2D eigenvalue weighted by Gasteiger charge is -2.06. The van der Waals surface area contributed by atoms with E-state index in [9.17, 15) is 4.79 Å². The Hall–Kier alpha value is -1.97. The lowest BCUT2D eigenvalue weighted by molar-refractivity contribution is 0.0965. The summed E-state index contributed by atoms with van der Waals surface area (Å²) in [6.45, 7) is 0. The molecular formula is C15H10Cl2N2O. The van der Waals surface area contributed by atoms with Crippen LogP contribution in [0.2, 0.25) is 10.0 Å². The second-order valence-corrected chi connectivity index (χ2v) is 5.34. The van der Waals surface area contributed by atoms with Crippen molar-refractivity contribution in [1.82, 2.24) is 4.57 Å². The summed E-state index contributed by atoms with van der Waals surface area (Å²) in [5.74, 6) is -0.186. The average molecular weight is 305 g/mol. The molecule has 0 fully saturated rings. The minimum atomic E-state index is -0.186. The lowest BCUT2D eigenvalue weighted by atomic mass is 10.2. The summed E-state index contributed by atoms with van der Waals surface area (Å²) in [5.41, 5.74) is 7.63. The Kier molecular flexibility index (Phi) is 3.16. The standard InChI is InChI=1S/C15H10Cl2N2O/c16-11-5-10(6-12(17)8-11)15(20)19-4-3-9-7-13(18)1-2-14(9)19/h1-8H,18H2. The number of carbonyl (C=O) groups excluding carboxylic acids is 1. The number of hydrogen-bond donors (Lipinski definition) is 1. The van der Waals surface area contributed by atoms with Gasteiger partial charge in [-0.05, 0) is 42.5 Å². The first-order chi connectivity index (χ1) is 9.54. The molecule has 0 atom stereocenters. The molecule has 0 unspecified atom stereocenters. The average Bonchev–Trinajstić information content (AvgIpc) is 2.79. The second kappa shape index (κ2) is 4.85. The molecule has 0 aliphatic carbocycles. The third-order valence-electron chi connectivity index (χ3n) is 3.04. The van der Waals surface area contributed by atoms with Crippen LogP contribution in [0.5, 0.6) is 0 Å². The van der Waals surface area contributed by atoms with Crippen molar-refractivity contribution < 1.29 is 4.79 Å². The Morgan fingerprint density at radius 1 is 1.00 bits per heavy atom. The van der Waals surface area contributed by atoms with E-state index in [4.69, 9.17) is 28.9 Å². The van der Waals surface area contributed by atoms with Crippen LogP contribution in [-0.2, 0) is 0 Å². The summed E-state index contributed by atoms with van der Waals surface area (Å²) < 4.78 is 1.55. The molecule has 0 saturated carbocycles. The lowest BCUT2D eigenvalue weighted by Crippen LogP contribution is -2.10.